The van der Waals surface area contributed by atoms with E-state index in [9.17, 15) is 0 Å². The van der Waals surface area contributed by atoms with Crippen LogP contribution in [0.15, 0.2) is 91.0 Å². The minimum Gasteiger partial charge on any atom is -1.00 e. The van der Waals surface area contributed by atoms with E-state index in [2.05, 4.69) is 117 Å². The fourth-order valence-corrected chi connectivity index (χ4v) is 7.99. The van der Waals surface area contributed by atoms with Gasteiger partial charge in [-0.25, -0.2) is 13.1 Å². The highest BCUT2D eigenvalue weighted by Crippen LogP contribution is 2.55. The summed E-state index contributed by atoms with van der Waals surface area (Å²) in [5.41, 5.74) is 0. The first-order chi connectivity index (χ1) is 14.8. The van der Waals surface area contributed by atoms with Crippen molar-refractivity contribution in [3.63, 3.8) is 0 Å². The molecule has 0 spiro atoms. The Kier molecular flexibility index (Phi) is 13.8. The van der Waals surface area contributed by atoms with E-state index in [1.807, 2.05) is 0 Å². The third-order valence-corrected chi connectivity index (χ3v) is 9.84. The molecular weight excluding hydrogens is 531 g/mol. The third kappa shape index (κ3) is 7.90. The molecule has 0 atom stereocenters. The Bertz CT molecular complexity index is 839. The maximum absolute atomic E-state index is 7.16. The third-order valence-electron chi connectivity index (χ3n) is 4.76. The van der Waals surface area contributed by atoms with Gasteiger partial charge in [0.2, 0.25) is 13.1 Å². The van der Waals surface area contributed by atoms with Crippen molar-refractivity contribution in [3.05, 3.63) is 114 Å². The Balaban J connectivity index is 0.000000607. The smallest absolute Gasteiger partial charge is 0.218 e. The lowest BCUT2D eigenvalue weighted by molar-refractivity contribution is -0.00000592. The van der Waals surface area contributed by atoms with E-state index >= 15 is 0 Å². The van der Waals surface area contributed by atoms with E-state index < -0.39 is 7.26 Å². The number of hydrogen-bond donors (Lipinski definition) is 0. The van der Waals surface area contributed by atoms with Gasteiger partial charge in [0.05, 0.1) is 12.6 Å². The van der Waals surface area contributed by atoms with Gasteiger partial charge in [0.1, 0.15) is 23.2 Å². The number of benzene rings is 3. The van der Waals surface area contributed by atoms with Crippen LogP contribution in [0.2, 0.25) is 0 Å². The highest BCUT2D eigenvalue weighted by atomic mass is 79.9. The van der Waals surface area contributed by atoms with E-state index in [0.717, 1.165) is 24.3 Å². The largest absolute Gasteiger partial charge is 1.00 e. The minimum atomic E-state index is -1.73. The van der Waals surface area contributed by atoms with E-state index in [0.29, 0.717) is 13.1 Å². The summed E-state index contributed by atoms with van der Waals surface area (Å²) in [5, 5.41) is 5.14. The molecule has 0 saturated carbocycles. The predicted molar refractivity (Wildman–Crippen MR) is 136 cm³/mol. The number of nitrogens with zero attached hydrogens (tertiary/aromatic N) is 2. The molecule has 0 heterocycles. The molecule has 0 radical (unpaired) electrons. The minimum absolute atomic E-state index is 0. The van der Waals surface area contributed by atoms with Crippen molar-refractivity contribution < 1.29 is 17.0 Å². The zero-order valence-corrected chi connectivity index (χ0v) is 21.6. The van der Waals surface area contributed by atoms with Gasteiger partial charge in [-0.05, 0) is 36.4 Å². The van der Waals surface area contributed by atoms with E-state index in [1.54, 1.807) is 0 Å². The summed E-state index contributed by atoms with van der Waals surface area (Å²) in [6, 6.07) is 32.5. The summed E-state index contributed by atoms with van der Waals surface area (Å²) in [7, 11) is -1.73. The summed E-state index contributed by atoms with van der Waals surface area (Å²) in [5.74, 6) is 0. The normalized spacial score (nSPS) is 9.90. The van der Waals surface area contributed by atoms with Crippen LogP contribution in [0, 0.1) is 13.1 Å². The molecule has 0 fully saturated rings. The van der Waals surface area contributed by atoms with Gasteiger partial charge in [0.15, 0.2) is 0 Å². The van der Waals surface area contributed by atoms with Crippen molar-refractivity contribution in [1.82, 2.24) is 0 Å². The molecule has 3 aromatic carbocycles. The van der Waals surface area contributed by atoms with Crippen molar-refractivity contribution in [2.75, 3.05) is 24.6 Å². The van der Waals surface area contributed by atoms with E-state index in [1.165, 1.54) is 15.9 Å². The van der Waals surface area contributed by atoms with Gasteiger partial charge in [0, 0.05) is 11.8 Å². The average Bonchev–Trinajstić information content (AvgIpc) is 2.83. The zero-order chi connectivity index (χ0) is 21.5. The Labute approximate surface area is 206 Å². The Hall–Kier alpha value is -1.97. The van der Waals surface area contributed by atoms with Crippen molar-refractivity contribution in [3.8, 4) is 0 Å². The number of alkyl halides is 1. The first-order valence-electron chi connectivity index (χ1n) is 10.1. The molecule has 0 aromatic heterocycles. The van der Waals surface area contributed by atoms with Crippen molar-refractivity contribution >= 4 is 39.1 Å². The molecule has 0 amide bonds. The lowest BCUT2D eigenvalue weighted by atomic mass is 10.3. The summed E-state index contributed by atoms with van der Waals surface area (Å²) in [6.45, 7) is 14.7. The molecule has 31 heavy (non-hydrogen) atoms. The fraction of sp³-hybridized carbons (Fsp3) is 0.231. The molecule has 0 aliphatic rings. The molecule has 0 bridgehead atoms. The molecule has 0 aliphatic carbocycles. The van der Waals surface area contributed by atoms with Crippen LogP contribution >= 0.6 is 23.2 Å². The molecular formula is C26H27Br2N2P. The summed E-state index contributed by atoms with van der Waals surface area (Å²) < 4.78 is 0. The van der Waals surface area contributed by atoms with Crippen molar-refractivity contribution in [1.29, 1.82) is 0 Å². The zero-order valence-electron chi connectivity index (χ0n) is 17.5. The number of hydrogen-bond acceptors (Lipinski definition) is 0. The number of halogens is 2. The van der Waals surface area contributed by atoms with Crippen LogP contribution in [0.5, 0.6) is 0 Å². The maximum Gasteiger partial charge on any atom is 0.218 e. The molecule has 5 heteroatoms. The van der Waals surface area contributed by atoms with E-state index in [4.69, 9.17) is 13.1 Å². The standard InChI is InChI=1S/C22H21NP.C4H6BrN.BrH/c1-23-18-11-19-24(20-12-5-2-6-13-20,21-14-7-3-8-15-21)22-16-9-4-10-17-22;1-6-4-2-3-5;/h2-10,12-17H,11,18-19H2;2-4H2;1H/q+1;;/p-1. The van der Waals surface area contributed by atoms with Gasteiger partial charge in [0.25, 0.3) is 0 Å². The van der Waals surface area contributed by atoms with Crippen molar-refractivity contribution in [2.45, 2.75) is 12.8 Å². The number of rotatable bonds is 8. The maximum atomic E-state index is 7.16. The molecule has 0 unspecified atom stereocenters. The molecule has 160 valence electrons. The highest BCUT2D eigenvalue weighted by Gasteiger charge is 2.44. The fourth-order valence-electron chi connectivity index (χ4n) is 3.41. The summed E-state index contributed by atoms with van der Waals surface area (Å²) >= 11 is 3.21. The predicted octanol–water partition coefficient (Wildman–Crippen LogP) is 2.98. The van der Waals surface area contributed by atoms with Gasteiger partial charge in [-0.15, -0.1) is 0 Å². The molecule has 0 N–H and O–H groups in total. The Morgan fingerprint density at radius 3 is 1.26 bits per heavy atom. The molecule has 3 rings (SSSR count). The van der Waals surface area contributed by atoms with Crippen LogP contribution in [0.1, 0.15) is 12.8 Å². The summed E-state index contributed by atoms with van der Waals surface area (Å²) in [4.78, 5) is 6.73. The van der Waals surface area contributed by atoms with Gasteiger partial charge in [-0.2, -0.15) is 0 Å². The quantitative estimate of drug-likeness (QED) is 0.174. The lowest BCUT2D eigenvalue weighted by Gasteiger charge is -2.27. The highest BCUT2D eigenvalue weighted by molar-refractivity contribution is 9.09. The van der Waals surface area contributed by atoms with Crippen molar-refractivity contribution in [2.24, 2.45) is 0 Å². The second kappa shape index (κ2) is 15.8. The van der Waals surface area contributed by atoms with Crippen LogP contribution in [0.25, 0.3) is 9.69 Å². The van der Waals surface area contributed by atoms with Gasteiger partial charge >= 0.3 is 0 Å². The van der Waals surface area contributed by atoms with Crippen LogP contribution in [0.3, 0.4) is 0 Å². The summed E-state index contributed by atoms with van der Waals surface area (Å²) in [6.07, 6.45) is 2.94. The first kappa shape index (κ1) is 27.1. The molecule has 2 nitrogen and oxygen atoms in total. The molecule has 3 aromatic rings. The SMILES string of the molecule is [Br-].[C-]#[N+]CCCBr.[C-]#[N+]CCC[P+](c1ccccc1)(c1ccccc1)c1ccccc1. The second-order valence-electron chi connectivity index (χ2n) is 6.70. The van der Waals surface area contributed by atoms with Gasteiger partial charge in [-0.1, -0.05) is 70.5 Å². The monoisotopic (exact) mass is 556 g/mol. The van der Waals surface area contributed by atoms with E-state index in [-0.39, 0.29) is 17.0 Å². The Morgan fingerprint density at radius 1 is 0.613 bits per heavy atom. The first-order valence-corrected chi connectivity index (χ1v) is 13.2. The molecule has 0 saturated heterocycles. The topological polar surface area (TPSA) is 8.72 Å². The molecule has 0 aliphatic heterocycles. The lowest BCUT2D eigenvalue weighted by Crippen LogP contribution is -3.00. The average molecular weight is 558 g/mol. The van der Waals surface area contributed by atoms with Crippen LogP contribution < -0.4 is 32.9 Å². The second-order valence-corrected chi connectivity index (χ2v) is 11.1. The van der Waals surface area contributed by atoms with Gasteiger partial charge < -0.3 is 26.7 Å². The van der Waals surface area contributed by atoms with Crippen LogP contribution in [0.4, 0.5) is 0 Å². The Morgan fingerprint density at radius 2 is 0.968 bits per heavy atom. The van der Waals surface area contributed by atoms with Crippen LogP contribution in [-0.2, 0) is 0 Å². The van der Waals surface area contributed by atoms with Gasteiger partial charge in [-0.3, -0.25) is 0 Å². The van der Waals surface area contributed by atoms with Crippen LogP contribution in [-0.4, -0.2) is 24.6 Å².